The molecule has 1 rings (SSSR count). The zero-order valence-electron chi connectivity index (χ0n) is 12.8. The molecule has 0 aliphatic carbocycles. The molecule has 0 radical (unpaired) electrons. The predicted molar refractivity (Wildman–Crippen MR) is 85.1 cm³/mol. The average Bonchev–Trinajstić information content (AvgIpc) is 2.51. The maximum atomic E-state index is 11.3. The van der Waals surface area contributed by atoms with Crippen LogP contribution in [0.5, 0.6) is 0 Å². The van der Waals surface area contributed by atoms with Crippen molar-refractivity contribution < 1.29 is 14.3 Å². The Hall–Kier alpha value is -1.87. The van der Waals surface area contributed by atoms with Crippen molar-refractivity contribution >= 4 is 5.97 Å². The van der Waals surface area contributed by atoms with Gasteiger partial charge in [-0.2, -0.15) is 0 Å². The third kappa shape index (κ3) is 8.82. The molecule has 0 saturated carbocycles. The van der Waals surface area contributed by atoms with Crippen molar-refractivity contribution in [3.63, 3.8) is 0 Å². The molecule has 0 aromatic heterocycles. The number of carbonyl (C=O) groups excluding carboxylic acids is 1. The van der Waals surface area contributed by atoms with Gasteiger partial charge in [-0.25, -0.2) is 4.79 Å². The smallest absolute Gasteiger partial charge is 0.330 e. The Balaban J connectivity index is 2.08. The Morgan fingerprint density at radius 3 is 2.71 bits per heavy atom. The second-order valence-electron chi connectivity index (χ2n) is 4.79. The highest BCUT2D eigenvalue weighted by Gasteiger charge is 2.05. The quantitative estimate of drug-likeness (QED) is 0.301. The largest absolute Gasteiger partial charge is 0.460 e. The van der Waals surface area contributed by atoms with Crippen LogP contribution < -0.4 is 0 Å². The van der Waals surface area contributed by atoms with Gasteiger partial charge in [-0.05, 0) is 32.3 Å². The number of aryl methyl sites for hydroxylation is 1. The molecule has 0 spiro atoms. The lowest BCUT2D eigenvalue weighted by atomic mass is 10.1. The second kappa shape index (κ2) is 10.9. The third-order valence-electron chi connectivity index (χ3n) is 2.85. The van der Waals surface area contributed by atoms with E-state index in [0.717, 1.165) is 12.8 Å². The van der Waals surface area contributed by atoms with Crippen LogP contribution in [0, 0.1) is 0 Å². The van der Waals surface area contributed by atoms with E-state index in [2.05, 4.69) is 12.1 Å². The lowest BCUT2D eigenvalue weighted by Crippen LogP contribution is -2.19. The summed E-state index contributed by atoms with van der Waals surface area (Å²) in [7, 11) is 0. The molecular weight excluding hydrogens is 264 g/mol. The molecule has 0 saturated heterocycles. The summed E-state index contributed by atoms with van der Waals surface area (Å²) in [5.41, 5.74) is 1.31. The molecule has 0 N–H and O–H groups in total. The first kappa shape index (κ1) is 17.2. The molecule has 0 amide bonds. The normalized spacial score (nSPS) is 12.9. The van der Waals surface area contributed by atoms with Gasteiger partial charge < -0.3 is 9.47 Å². The minimum Gasteiger partial charge on any atom is -0.460 e. The fourth-order valence-electron chi connectivity index (χ4n) is 1.75. The van der Waals surface area contributed by atoms with Gasteiger partial charge in [0.05, 0.1) is 6.10 Å². The minimum atomic E-state index is -0.340. The van der Waals surface area contributed by atoms with Crippen molar-refractivity contribution in [2.45, 2.75) is 32.8 Å². The molecule has 3 nitrogen and oxygen atoms in total. The molecule has 114 valence electrons. The van der Waals surface area contributed by atoms with E-state index in [-0.39, 0.29) is 18.7 Å². The number of rotatable bonds is 9. The highest BCUT2D eigenvalue weighted by Crippen LogP contribution is 2.03. The summed E-state index contributed by atoms with van der Waals surface area (Å²) in [4.78, 5) is 11.3. The molecule has 0 heterocycles. The number of hydrogen-bond acceptors (Lipinski definition) is 3. The second-order valence-corrected chi connectivity index (χ2v) is 4.79. The van der Waals surface area contributed by atoms with Crippen LogP contribution in [0.15, 0.2) is 54.6 Å². The molecule has 0 aliphatic heterocycles. The molecule has 1 aromatic rings. The summed E-state index contributed by atoms with van der Waals surface area (Å²) < 4.78 is 10.7. The van der Waals surface area contributed by atoms with Crippen molar-refractivity contribution in [1.29, 1.82) is 0 Å². The van der Waals surface area contributed by atoms with Crippen LogP contribution in [0.2, 0.25) is 0 Å². The van der Waals surface area contributed by atoms with Crippen LogP contribution in [-0.4, -0.2) is 25.3 Å². The van der Waals surface area contributed by atoms with E-state index in [1.54, 1.807) is 12.2 Å². The molecule has 3 heteroatoms. The van der Waals surface area contributed by atoms with E-state index >= 15 is 0 Å². The maximum absolute atomic E-state index is 11.3. The summed E-state index contributed by atoms with van der Waals surface area (Å²) in [5.74, 6) is -0.340. The van der Waals surface area contributed by atoms with Crippen molar-refractivity contribution in [1.82, 2.24) is 0 Å². The molecule has 1 aromatic carbocycles. The molecule has 0 fully saturated rings. The van der Waals surface area contributed by atoms with Crippen molar-refractivity contribution in [2.75, 3.05) is 13.2 Å². The molecule has 21 heavy (non-hydrogen) atoms. The minimum absolute atomic E-state index is 0.0835. The predicted octanol–water partition coefficient (Wildman–Crippen LogP) is 3.70. The summed E-state index contributed by atoms with van der Waals surface area (Å²) in [6.45, 7) is 4.75. The van der Waals surface area contributed by atoms with Gasteiger partial charge in [0.15, 0.2) is 0 Å². The van der Waals surface area contributed by atoms with Crippen LogP contribution in [-0.2, 0) is 20.7 Å². The first-order valence-corrected chi connectivity index (χ1v) is 7.34. The number of hydrogen-bond donors (Lipinski definition) is 0. The monoisotopic (exact) mass is 288 g/mol. The van der Waals surface area contributed by atoms with Gasteiger partial charge >= 0.3 is 5.97 Å². The lowest BCUT2D eigenvalue weighted by molar-refractivity contribution is -0.141. The van der Waals surface area contributed by atoms with Crippen molar-refractivity contribution in [3.05, 3.63) is 60.2 Å². The van der Waals surface area contributed by atoms with Gasteiger partial charge in [-0.1, -0.05) is 48.6 Å². The summed E-state index contributed by atoms with van der Waals surface area (Å²) in [6, 6.07) is 10.3. The van der Waals surface area contributed by atoms with Gasteiger partial charge in [0.2, 0.25) is 0 Å². The standard InChI is InChI=1S/C18H24O3/c1-3-4-6-13-18(19)21-15-16(2)20-14-9-12-17-10-7-5-8-11-17/h3-8,10-11,13,16H,9,12,14-15H2,1-2H3/b4-3+,13-6+. The van der Waals surface area contributed by atoms with Gasteiger partial charge in [0.1, 0.15) is 6.61 Å². The van der Waals surface area contributed by atoms with Crippen molar-refractivity contribution in [2.24, 2.45) is 0 Å². The van der Waals surface area contributed by atoms with Gasteiger partial charge in [-0.3, -0.25) is 0 Å². The van der Waals surface area contributed by atoms with E-state index in [1.165, 1.54) is 11.6 Å². The number of ether oxygens (including phenoxy) is 2. The number of carbonyl (C=O) groups is 1. The molecule has 1 atom stereocenters. The van der Waals surface area contributed by atoms with Crippen LogP contribution in [0.3, 0.4) is 0 Å². The summed E-state index contributed by atoms with van der Waals surface area (Å²) in [5, 5.41) is 0. The maximum Gasteiger partial charge on any atom is 0.330 e. The Morgan fingerprint density at radius 1 is 1.24 bits per heavy atom. The van der Waals surface area contributed by atoms with Gasteiger partial charge in [0, 0.05) is 12.7 Å². The third-order valence-corrected chi connectivity index (χ3v) is 2.85. The van der Waals surface area contributed by atoms with E-state index in [9.17, 15) is 4.79 Å². The zero-order valence-corrected chi connectivity index (χ0v) is 12.8. The van der Waals surface area contributed by atoms with Gasteiger partial charge in [0.25, 0.3) is 0 Å². The lowest BCUT2D eigenvalue weighted by Gasteiger charge is -2.12. The molecular formula is C18H24O3. The zero-order chi connectivity index (χ0) is 15.3. The average molecular weight is 288 g/mol. The van der Waals surface area contributed by atoms with Gasteiger partial charge in [-0.15, -0.1) is 0 Å². The van der Waals surface area contributed by atoms with E-state index < -0.39 is 0 Å². The molecule has 1 unspecified atom stereocenters. The number of benzene rings is 1. The van der Waals surface area contributed by atoms with Crippen molar-refractivity contribution in [3.8, 4) is 0 Å². The molecule has 0 aliphatic rings. The topological polar surface area (TPSA) is 35.5 Å². The Kier molecular flexibility index (Phi) is 8.89. The first-order chi connectivity index (χ1) is 10.2. The Morgan fingerprint density at radius 2 is 2.00 bits per heavy atom. The van der Waals surface area contributed by atoms with E-state index in [1.807, 2.05) is 38.1 Å². The summed E-state index contributed by atoms with van der Waals surface area (Å²) in [6.07, 6.45) is 8.58. The van der Waals surface area contributed by atoms with E-state index in [4.69, 9.17) is 9.47 Å². The first-order valence-electron chi connectivity index (χ1n) is 7.34. The summed E-state index contributed by atoms with van der Waals surface area (Å²) >= 11 is 0. The molecule has 0 bridgehead atoms. The van der Waals surface area contributed by atoms with E-state index in [0.29, 0.717) is 6.61 Å². The number of allylic oxidation sites excluding steroid dienone is 3. The fourth-order valence-corrected chi connectivity index (χ4v) is 1.75. The highest BCUT2D eigenvalue weighted by molar-refractivity contribution is 5.82. The van der Waals surface area contributed by atoms with Crippen LogP contribution in [0.25, 0.3) is 0 Å². The Labute approximate surface area is 127 Å². The van der Waals surface area contributed by atoms with Crippen LogP contribution >= 0.6 is 0 Å². The SMILES string of the molecule is C/C=C/C=C/C(=O)OCC(C)OCCCc1ccccc1. The number of esters is 1. The van der Waals surface area contributed by atoms with Crippen LogP contribution in [0.4, 0.5) is 0 Å². The van der Waals surface area contributed by atoms with Crippen LogP contribution in [0.1, 0.15) is 25.8 Å². The Bertz CT molecular complexity index is 449. The fraction of sp³-hybridized carbons (Fsp3) is 0.389. The highest BCUT2D eigenvalue weighted by atomic mass is 16.6.